The summed E-state index contributed by atoms with van der Waals surface area (Å²) < 4.78 is 2.08. The Balaban J connectivity index is 2.02. The van der Waals surface area contributed by atoms with Gasteiger partial charge in [0.15, 0.2) is 0 Å². The normalized spacial score (nSPS) is 19.6. The SMILES string of the molecule is CCC(CC)n1ccc(CC2(O)CCCCCC2)n1. The van der Waals surface area contributed by atoms with E-state index < -0.39 is 5.60 Å². The molecule has 3 nitrogen and oxygen atoms in total. The Kier molecular flexibility index (Phi) is 5.03. The molecular weight excluding hydrogens is 236 g/mol. The van der Waals surface area contributed by atoms with E-state index >= 15 is 0 Å². The Hall–Kier alpha value is -0.830. The largest absolute Gasteiger partial charge is 0.389 e. The highest BCUT2D eigenvalue weighted by Crippen LogP contribution is 2.30. The number of aromatic nitrogens is 2. The van der Waals surface area contributed by atoms with E-state index in [0.717, 1.165) is 50.6 Å². The molecule has 0 amide bonds. The van der Waals surface area contributed by atoms with E-state index in [4.69, 9.17) is 0 Å². The zero-order valence-corrected chi connectivity index (χ0v) is 12.4. The van der Waals surface area contributed by atoms with E-state index in [2.05, 4.69) is 35.9 Å². The molecule has 0 spiro atoms. The lowest BCUT2D eigenvalue weighted by Crippen LogP contribution is -2.30. The minimum Gasteiger partial charge on any atom is -0.389 e. The highest BCUT2D eigenvalue weighted by Gasteiger charge is 2.29. The predicted octanol–water partition coefficient (Wildman–Crippen LogP) is 3.87. The summed E-state index contributed by atoms with van der Waals surface area (Å²) in [6.07, 6.45) is 11.7. The van der Waals surface area contributed by atoms with E-state index in [0.29, 0.717) is 6.04 Å². The minimum atomic E-state index is -0.510. The number of nitrogens with zero attached hydrogens (tertiary/aromatic N) is 2. The summed E-state index contributed by atoms with van der Waals surface area (Å²) in [5, 5.41) is 15.4. The highest BCUT2D eigenvalue weighted by atomic mass is 16.3. The minimum absolute atomic E-state index is 0.498. The van der Waals surface area contributed by atoms with Crippen molar-refractivity contribution in [2.45, 2.75) is 83.3 Å². The first-order valence-electron chi connectivity index (χ1n) is 7.93. The summed E-state index contributed by atoms with van der Waals surface area (Å²) >= 11 is 0. The van der Waals surface area contributed by atoms with Crippen molar-refractivity contribution in [2.75, 3.05) is 0 Å². The molecule has 0 unspecified atom stereocenters. The molecule has 0 saturated heterocycles. The zero-order valence-electron chi connectivity index (χ0n) is 12.4. The molecule has 3 heteroatoms. The third-order valence-electron chi connectivity index (χ3n) is 4.52. The van der Waals surface area contributed by atoms with Gasteiger partial charge in [0.05, 0.1) is 17.3 Å². The summed E-state index contributed by atoms with van der Waals surface area (Å²) in [7, 11) is 0. The maximum Gasteiger partial charge on any atom is 0.0703 e. The lowest BCUT2D eigenvalue weighted by Gasteiger charge is -2.25. The van der Waals surface area contributed by atoms with Crippen LogP contribution in [-0.4, -0.2) is 20.5 Å². The van der Waals surface area contributed by atoms with Crippen LogP contribution in [0.25, 0.3) is 0 Å². The van der Waals surface area contributed by atoms with Crippen molar-refractivity contribution >= 4 is 0 Å². The van der Waals surface area contributed by atoms with Crippen molar-refractivity contribution in [1.82, 2.24) is 9.78 Å². The van der Waals surface area contributed by atoms with Crippen LogP contribution in [0.3, 0.4) is 0 Å². The fourth-order valence-corrected chi connectivity index (χ4v) is 3.24. The van der Waals surface area contributed by atoms with E-state index in [-0.39, 0.29) is 0 Å². The number of hydrogen-bond donors (Lipinski definition) is 1. The molecule has 1 aliphatic rings. The topological polar surface area (TPSA) is 38.0 Å². The molecule has 2 rings (SSSR count). The molecule has 0 bridgehead atoms. The number of aliphatic hydroxyl groups is 1. The molecule has 19 heavy (non-hydrogen) atoms. The van der Waals surface area contributed by atoms with Crippen molar-refractivity contribution in [3.05, 3.63) is 18.0 Å². The smallest absolute Gasteiger partial charge is 0.0703 e. The van der Waals surface area contributed by atoms with Gasteiger partial charge in [-0.3, -0.25) is 4.68 Å². The van der Waals surface area contributed by atoms with Crippen molar-refractivity contribution < 1.29 is 5.11 Å². The average molecular weight is 264 g/mol. The van der Waals surface area contributed by atoms with E-state index in [9.17, 15) is 5.11 Å². The third-order valence-corrected chi connectivity index (χ3v) is 4.52. The predicted molar refractivity (Wildman–Crippen MR) is 78.2 cm³/mol. The van der Waals surface area contributed by atoms with Crippen molar-refractivity contribution in [3.63, 3.8) is 0 Å². The molecule has 1 aromatic rings. The number of hydrogen-bond acceptors (Lipinski definition) is 2. The molecule has 1 aliphatic carbocycles. The number of rotatable bonds is 5. The van der Waals surface area contributed by atoms with Crippen LogP contribution >= 0.6 is 0 Å². The fourth-order valence-electron chi connectivity index (χ4n) is 3.24. The van der Waals surface area contributed by atoms with Crippen molar-refractivity contribution in [3.8, 4) is 0 Å². The first-order valence-corrected chi connectivity index (χ1v) is 7.93. The van der Waals surface area contributed by atoms with Gasteiger partial charge >= 0.3 is 0 Å². The van der Waals surface area contributed by atoms with Crippen molar-refractivity contribution in [2.24, 2.45) is 0 Å². The van der Waals surface area contributed by atoms with Gasteiger partial charge in [-0.1, -0.05) is 39.5 Å². The lowest BCUT2D eigenvalue weighted by molar-refractivity contribution is 0.0242. The molecule has 1 heterocycles. The highest BCUT2D eigenvalue weighted by molar-refractivity contribution is 5.05. The second-order valence-corrected chi connectivity index (χ2v) is 6.07. The lowest BCUT2D eigenvalue weighted by atomic mass is 9.89. The van der Waals surface area contributed by atoms with Gasteiger partial charge in [0, 0.05) is 12.6 Å². The fraction of sp³-hybridized carbons (Fsp3) is 0.812. The molecule has 0 atom stereocenters. The second-order valence-electron chi connectivity index (χ2n) is 6.07. The van der Waals surface area contributed by atoms with Crippen LogP contribution in [0.1, 0.15) is 76.9 Å². The molecule has 108 valence electrons. The van der Waals surface area contributed by atoms with Gasteiger partial charge in [-0.15, -0.1) is 0 Å². The van der Waals surface area contributed by atoms with E-state index in [1.165, 1.54) is 12.8 Å². The third kappa shape index (κ3) is 3.82. The van der Waals surface area contributed by atoms with Crippen LogP contribution in [-0.2, 0) is 6.42 Å². The van der Waals surface area contributed by atoms with Gasteiger partial charge in [0.25, 0.3) is 0 Å². The molecule has 0 radical (unpaired) electrons. The standard InChI is InChI=1S/C16H28N2O/c1-3-15(4-2)18-12-9-14(17-18)13-16(19)10-7-5-6-8-11-16/h9,12,15,19H,3-8,10-11,13H2,1-2H3. The van der Waals surface area contributed by atoms with Crippen LogP contribution in [0, 0.1) is 0 Å². The Bertz CT molecular complexity index is 374. The van der Waals surface area contributed by atoms with Gasteiger partial charge < -0.3 is 5.11 Å². The molecule has 0 aliphatic heterocycles. The summed E-state index contributed by atoms with van der Waals surface area (Å²) in [4.78, 5) is 0. The zero-order chi connectivity index (χ0) is 13.7. The van der Waals surface area contributed by atoms with E-state index in [1.54, 1.807) is 0 Å². The van der Waals surface area contributed by atoms with Crippen LogP contribution < -0.4 is 0 Å². The van der Waals surface area contributed by atoms with Gasteiger partial charge in [0.2, 0.25) is 0 Å². The summed E-state index contributed by atoms with van der Waals surface area (Å²) in [5.74, 6) is 0. The Morgan fingerprint density at radius 1 is 1.21 bits per heavy atom. The monoisotopic (exact) mass is 264 g/mol. The van der Waals surface area contributed by atoms with Crippen LogP contribution in [0.15, 0.2) is 12.3 Å². The maximum absolute atomic E-state index is 10.7. The molecule has 1 aromatic heterocycles. The van der Waals surface area contributed by atoms with Crippen LogP contribution in [0.2, 0.25) is 0 Å². The summed E-state index contributed by atoms with van der Waals surface area (Å²) in [6, 6.07) is 2.58. The summed E-state index contributed by atoms with van der Waals surface area (Å²) in [6.45, 7) is 4.41. The Morgan fingerprint density at radius 2 is 1.84 bits per heavy atom. The molecule has 1 saturated carbocycles. The van der Waals surface area contributed by atoms with Crippen LogP contribution in [0.5, 0.6) is 0 Å². The van der Waals surface area contributed by atoms with Gasteiger partial charge in [-0.25, -0.2) is 0 Å². The molecule has 1 fully saturated rings. The first kappa shape index (κ1) is 14.6. The second kappa shape index (κ2) is 6.56. The van der Waals surface area contributed by atoms with Crippen molar-refractivity contribution in [1.29, 1.82) is 0 Å². The first-order chi connectivity index (χ1) is 9.17. The van der Waals surface area contributed by atoms with E-state index in [1.807, 2.05) is 0 Å². The Morgan fingerprint density at radius 3 is 2.42 bits per heavy atom. The maximum atomic E-state index is 10.7. The van der Waals surface area contributed by atoms with Gasteiger partial charge in [-0.2, -0.15) is 5.10 Å². The molecular formula is C16H28N2O. The van der Waals surface area contributed by atoms with Gasteiger partial charge in [0.1, 0.15) is 0 Å². The quantitative estimate of drug-likeness (QED) is 0.820. The molecule has 1 N–H and O–H groups in total. The summed E-state index contributed by atoms with van der Waals surface area (Å²) in [5.41, 5.74) is 0.542. The molecule has 0 aromatic carbocycles. The van der Waals surface area contributed by atoms with Crippen LogP contribution in [0.4, 0.5) is 0 Å². The van der Waals surface area contributed by atoms with Gasteiger partial charge in [-0.05, 0) is 31.7 Å². The Labute approximate surface area is 117 Å². The average Bonchev–Trinajstić information content (AvgIpc) is 2.72.